The first-order chi connectivity index (χ1) is 9.33. The van der Waals surface area contributed by atoms with Gasteiger partial charge < -0.3 is 14.8 Å². The topological polar surface area (TPSA) is 77.5 Å². The summed E-state index contributed by atoms with van der Waals surface area (Å²) in [5.74, 6) is -0.550. The minimum absolute atomic E-state index is 0.228. The molecule has 6 heteroatoms. The predicted octanol–water partition coefficient (Wildman–Crippen LogP) is 2.21. The highest BCUT2D eigenvalue weighted by molar-refractivity contribution is 5.82. The van der Waals surface area contributed by atoms with Crippen molar-refractivity contribution in [2.24, 2.45) is 0 Å². The van der Waals surface area contributed by atoms with Gasteiger partial charge in [-0.1, -0.05) is 6.07 Å². The van der Waals surface area contributed by atoms with Crippen molar-refractivity contribution in [1.82, 2.24) is 10.3 Å². The van der Waals surface area contributed by atoms with Crippen LogP contribution in [0.2, 0.25) is 0 Å². The fraction of sp³-hybridized carbons (Fsp3) is 0.500. The zero-order valence-electron chi connectivity index (χ0n) is 12.2. The monoisotopic (exact) mass is 280 g/mol. The van der Waals surface area contributed by atoms with E-state index in [1.807, 2.05) is 0 Å². The lowest BCUT2D eigenvalue weighted by molar-refractivity contribution is -0.145. The Morgan fingerprint density at radius 3 is 2.60 bits per heavy atom. The minimum atomic E-state index is -0.932. The van der Waals surface area contributed by atoms with E-state index in [0.29, 0.717) is 5.56 Å². The van der Waals surface area contributed by atoms with Gasteiger partial charge in [-0.3, -0.25) is 4.98 Å². The van der Waals surface area contributed by atoms with Crippen LogP contribution in [-0.4, -0.2) is 29.3 Å². The van der Waals surface area contributed by atoms with Crippen LogP contribution in [0.15, 0.2) is 24.5 Å². The zero-order chi connectivity index (χ0) is 15.2. The Morgan fingerprint density at radius 2 is 2.10 bits per heavy atom. The molecule has 20 heavy (non-hydrogen) atoms. The number of rotatable bonds is 4. The Bertz CT molecular complexity index is 454. The second kappa shape index (κ2) is 6.88. The molecule has 1 rings (SSSR count). The fourth-order valence-electron chi connectivity index (χ4n) is 1.48. The summed E-state index contributed by atoms with van der Waals surface area (Å²) in [5.41, 5.74) is -0.102. The molecule has 1 aromatic heterocycles. The lowest BCUT2D eigenvalue weighted by atomic mass is 10.1. The van der Waals surface area contributed by atoms with Crippen LogP contribution in [0.3, 0.4) is 0 Å². The summed E-state index contributed by atoms with van der Waals surface area (Å²) in [5, 5.41) is 2.50. The smallest absolute Gasteiger partial charge is 0.408 e. The molecule has 1 unspecified atom stereocenters. The summed E-state index contributed by atoms with van der Waals surface area (Å²) < 4.78 is 10.1. The van der Waals surface area contributed by atoms with E-state index in [9.17, 15) is 9.59 Å². The molecule has 0 saturated heterocycles. The Kier molecular flexibility index (Phi) is 5.49. The van der Waals surface area contributed by atoms with E-state index in [1.165, 1.54) is 6.20 Å². The Morgan fingerprint density at radius 1 is 1.40 bits per heavy atom. The molecule has 0 fully saturated rings. The maximum Gasteiger partial charge on any atom is 0.408 e. The number of carbonyl (C=O) groups is 2. The number of hydrogen-bond acceptors (Lipinski definition) is 5. The number of carbonyl (C=O) groups excluding carboxylic acids is 2. The molecule has 1 aromatic rings. The molecule has 1 atom stereocenters. The number of amides is 1. The van der Waals surface area contributed by atoms with Crippen molar-refractivity contribution in [3.05, 3.63) is 30.1 Å². The van der Waals surface area contributed by atoms with E-state index in [0.717, 1.165) is 0 Å². The van der Waals surface area contributed by atoms with Crippen molar-refractivity contribution in [2.45, 2.75) is 39.3 Å². The van der Waals surface area contributed by atoms with E-state index in [4.69, 9.17) is 9.47 Å². The third-order valence-electron chi connectivity index (χ3n) is 2.20. The highest BCUT2D eigenvalue weighted by atomic mass is 16.6. The number of pyridine rings is 1. The summed E-state index contributed by atoms with van der Waals surface area (Å²) in [7, 11) is 0. The van der Waals surface area contributed by atoms with Crippen molar-refractivity contribution in [3.63, 3.8) is 0 Å². The van der Waals surface area contributed by atoms with Gasteiger partial charge in [0, 0.05) is 18.0 Å². The van der Waals surface area contributed by atoms with Crippen LogP contribution in [0.5, 0.6) is 0 Å². The Labute approximate surface area is 118 Å². The first-order valence-electron chi connectivity index (χ1n) is 6.39. The van der Waals surface area contributed by atoms with Gasteiger partial charge in [0.1, 0.15) is 5.60 Å². The van der Waals surface area contributed by atoms with Crippen molar-refractivity contribution >= 4 is 12.1 Å². The average molecular weight is 280 g/mol. The number of alkyl carbamates (subject to hydrolysis) is 1. The molecule has 1 amide bonds. The lowest BCUT2D eigenvalue weighted by Crippen LogP contribution is -2.38. The highest BCUT2D eigenvalue weighted by Gasteiger charge is 2.26. The van der Waals surface area contributed by atoms with Crippen LogP contribution < -0.4 is 5.32 Å². The van der Waals surface area contributed by atoms with Crippen LogP contribution in [0.1, 0.15) is 39.3 Å². The molecule has 110 valence electrons. The fourth-order valence-corrected chi connectivity index (χ4v) is 1.48. The van der Waals surface area contributed by atoms with Gasteiger partial charge in [-0.25, -0.2) is 9.59 Å². The summed E-state index contributed by atoms with van der Waals surface area (Å²) in [6.45, 7) is 7.17. The third kappa shape index (κ3) is 5.26. The highest BCUT2D eigenvalue weighted by Crippen LogP contribution is 2.15. The first-order valence-corrected chi connectivity index (χ1v) is 6.39. The van der Waals surface area contributed by atoms with E-state index >= 15 is 0 Å². The summed E-state index contributed by atoms with van der Waals surface area (Å²) >= 11 is 0. The van der Waals surface area contributed by atoms with E-state index < -0.39 is 23.7 Å². The number of nitrogens with one attached hydrogen (secondary N) is 1. The van der Waals surface area contributed by atoms with Crippen molar-refractivity contribution in [3.8, 4) is 0 Å². The SMILES string of the molecule is CCOC(=O)C(NC(=O)OC(C)(C)C)c1cccnc1. The van der Waals surface area contributed by atoms with Crippen LogP contribution in [0, 0.1) is 0 Å². The van der Waals surface area contributed by atoms with Crippen LogP contribution in [-0.2, 0) is 14.3 Å². The molecule has 0 aliphatic heterocycles. The van der Waals surface area contributed by atoms with Gasteiger partial charge >= 0.3 is 12.1 Å². The van der Waals surface area contributed by atoms with Gasteiger partial charge in [0.15, 0.2) is 6.04 Å². The zero-order valence-corrected chi connectivity index (χ0v) is 12.2. The maximum atomic E-state index is 11.9. The van der Waals surface area contributed by atoms with E-state index in [2.05, 4.69) is 10.3 Å². The third-order valence-corrected chi connectivity index (χ3v) is 2.20. The van der Waals surface area contributed by atoms with Gasteiger partial charge in [0.05, 0.1) is 6.61 Å². The minimum Gasteiger partial charge on any atom is -0.464 e. The van der Waals surface area contributed by atoms with Crippen molar-refractivity contribution in [2.75, 3.05) is 6.61 Å². The number of hydrogen-bond donors (Lipinski definition) is 1. The predicted molar refractivity (Wildman–Crippen MR) is 73.0 cm³/mol. The molecule has 0 aliphatic rings. The second-order valence-electron chi connectivity index (χ2n) is 5.12. The largest absolute Gasteiger partial charge is 0.464 e. The molecule has 0 bridgehead atoms. The summed E-state index contributed by atoms with van der Waals surface area (Å²) in [6, 6.07) is 2.43. The van der Waals surface area contributed by atoms with Crippen molar-refractivity contribution in [1.29, 1.82) is 0 Å². The molecule has 0 aliphatic carbocycles. The number of nitrogens with zero attached hydrogens (tertiary/aromatic N) is 1. The summed E-state index contributed by atoms with van der Waals surface area (Å²) in [6.07, 6.45) is 2.40. The average Bonchev–Trinajstić information content (AvgIpc) is 2.35. The van der Waals surface area contributed by atoms with Gasteiger partial charge in [-0.05, 0) is 33.8 Å². The number of ether oxygens (including phenoxy) is 2. The molecule has 0 spiro atoms. The van der Waals surface area contributed by atoms with Gasteiger partial charge in [0.2, 0.25) is 0 Å². The normalized spacial score (nSPS) is 12.4. The van der Waals surface area contributed by atoms with E-state index in [-0.39, 0.29) is 6.61 Å². The molecular weight excluding hydrogens is 260 g/mol. The van der Waals surface area contributed by atoms with Crippen LogP contribution >= 0.6 is 0 Å². The van der Waals surface area contributed by atoms with Gasteiger partial charge in [0.25, 0.3) is 0 Å². The lowest BCUT2D eigenvalue weighted by Gasteiger charge is -2.22. The van der Waals surface area contributed by atoms with Gasteiger partial charge in [-0.15, -0.1) is 0 Å². The summed E-state index contributed by atoms with van der Waals surface area (Å²) in [4.78, 5) is 27.6. The van der Waals surface area contributed by atoms with Crippen LogP contribution in [0.25, 0.3) is 0 Å². The van der Waals surface area contributed by atoms with Crippen LogP contribution in [0.4, 0.5) is 4.79 Å². The van der Waals surface area contributed by atoms with E-state index in [1.54, 1.807) is 46.0 Å². The molecule has 0 radical (unpaired) electrons. The molecule has 1 heterocycles. The quantitative estimate of drug-likeness (QED) is 0.856. The molecule has 6 nitrogen and oxygen atoms in total. The standard InChI is InChI=1S/C14H20N2O4/c1-5-19-12(17)11(10-7-6-8-15-9-10)16-13(18)20-14(2,3)4/h6-9,11H,5H2,1-4H3,(H,16,18). The Balaban J connectivity index is 2.84. The maximum absolute atomic E-state index is 11.9. The number of esters is 1. The Hall–Kier alpha value is -2.11. The molecular formula is C14H20N2O4. The molecule has 0 aromatic carbocycles. The first kappa shape index (κ1) is 15.9. The molecule has 1 N–H and O–H groups in total. The molecule has 0 saturated carbocycles. The van der Waals surface area contributed by atoms with Gasteiger partial charge in [-0.2, -0.15) is 0 Å². The number of aromatic nitrogens is 1. The second-order valence-corrected chi connectivity index (χ2v) is 5.12. The van der Waals surface area contributed by atoms with Crippen molar-refractivity contribution < 1.29 is 19.1 Å².